The first-order valence-corrected chi connectivity index (χ1v) is 6.28. The summed E-state index contributed by atoms with van der Waals surface area (Å²) < 4.78 is 13.3. The zero-order chi connectivity index (χ0) is 15.2. The lowest BCUT2D eigenvalue weighted by Gasteiger charge is -2.07. The fourth-order valence-electron chi connectivity index (χ4n) is 1.77. The van der Waals surface area contributed by atoms with Crippen molar-refractivity contribution in [3.8, 4) is 11.8 Å². The van der Waals surface area contributed by atoms with Crippen LogP contribution in [-0.4, -0.2) is 27.8 Å². The van der Waals surface area contributed by atoms with Crippen LogP contribution in [0.1, 0.15) is 27.2 Å². The number of aliphatic hydroxyl groups excluding tert-OH is 1. The van der Waals surface area contributed by atoms with Crippen LogP contribution in [0, 0.1) is 24.6 Å². The van der Waals surface area contributed by atoms with Gasteiger partial charge >= 0.3 is 0 Å². The van der Waals surface area contributed by atoms with Gasteiger partial charge in [-0.1, -0.05) is 11.8 Å². The molecule has 0 saturated heterocycles. The molecule has 1 amide bonds. The van der Waals surface area contributed by atoms with Crippen LogP contribution in [0.5, 0.6) is 0 Å². The van der Waals surface area contributed by atoms with E-state index in [9.17, 15) is 9.18 Å². The molecule has 0 atom stereocenters. The number of nitrogens with one attached hydrogen (secondary N) is 2. The van der Waals surface area contributed by atoms with Crippen LogP contribution in [0.4, 0.5) is 4.39 Å². The van der Waals surface area contributed by atoms with Crippen molar-refractivity contribution in [3.63, 3.8) is 0 Å². The van der Waals surface area contributed by atoms with E-state index in [-0.39, 0.29) is 18.7 Å². The summed E-state index contributed by atoms with van der Waals surface area (Å²) in [4.78, 5) is 12.1. The number of rotatable bonds is 3. The third-order valence-corrected chi connectivity index (χ3v) is 2.90. The van der Waals surface area contributed by atoms with Gasteiger partial charge in [0, 0.05) is 23.4 Å². The van der Waals surface area contributed by atoms with Gasteiger partial charge in [0.15, 0.2) is 0 Å². The van der Waals surface area contributed by atoms with Gasteiger partial charge in [-0.05, 0) is 25.1 Å². The van der Waals surface area contributed by atoms with E-state index in [1.54, 1.807) is 6.20 Å². The van der Waals surface area contributed by atoms with Crippen LogP contribution in [0.3, 0.4) is 0 Å². The molecular formula is C15H14FN3O2. The minimum atomic E-state index is -0.519. The maximum atomic E-state index is 13.3. The van der Waals surface area contributed by atoms with Gasteiger partial charge in [-0.15, -0.1) is 0 Å². The van der Waals surface area contributed by atoms with Crippen molar-refractivity contribution >= 4 is 5.91 Å². The van der Waals surface area contributed by atoms with Crippen molar-refractivity contribution in [1.82, 2.24) is 15.5 Å². The van der Waals surface area contributed by atoms with Crippen molar-refractivity contribution in [2.75, 3.05) is 6.61 Å². The second-order valence-corrected chi connectivity index (χ2v) is 4.35. The Labute approximate surface area is 121 Å². The monoisotopic (exact) mass is 287 g/mol. The zero-order valence-electron chi connectivity index (χ0n) is 11.4. The molecule has 0 radical (unpaired) electrons. The first kappa shape index (κ1) is 14.8. The summed E-state index contributed by atoms with van der Waals surface area (Å²) in [5.41, 5.74) is 2.21. The quantitative estimate of drug-likeness (QED) is 0.741. The topological polar surface area (TPSA) is 78.0 Å². The number of aryl methyl sites for hydroxylation is 1. The summed E-state index contributed by atoms with van der Waals surface area (Å²) in [6, 6.07) is 3.76. The molecule has 3 N–H and O–H groups in total. The van der Waals surface area contributed by atoms with Crippen molar-refractivity contribution in [3.05, 3.63) is 52.6 Å². The second-order valence-electron chi connectivity index (χ2n) is 4.35. The van der Waals surface area contributed by atoms with Gasteiger partial charge in [0.2, 0.25) is 0 Å². The number of amides is 1. The lowest BCUT2D eigenvalue weighted by Crippen LogP contribution is -2.24. The number of nitrogens with zero attached hydrogens (tertiary/aromatic N) is 1. The molecule has 6 heteroatoms. The molecule has 0 saturated carbocycles. The summed E-state index contributed by atoms with van der Waals surface area (Å²) in [5.74, 6) is 4.12. The van der Waals surface area contributed by atoms with Gasteiger partial charge in [0.25, 0.3) is 5.91 Å². The van der Waals surface area contributed by atoms with Crippen molar-refractivity contribution < 1.29 is 14.3 Å². The Balaban J connectivity index is 2.18. The van der Waals surface area contributed by atoms with Crippen LogP contribution in [-0.2, 0) is 6.54 Å². The molecule has 1 heterocycles. The molecule has 0 aliphatic heterocycles. The van der Waals surface area contributed by atoms with Gasteiger partial charge in [-0.25, -0.2) is 4.39 Å². The van der Waals surface area contributed by atoms with Crippen molar-refractivity contribution in [1.29, 1.82) is 0 Å². The van der Waals surface area contributed by atoms with Crippen LogP contribution in [0.15, 0.2) is 24.4 Å². The maximum absolute atomic E-state index is 13.3. The normalized spacial score (nSPS) is 9.86. The SMILES string of the molecule is Cc1[nH]ncc1CNC(=O)c1cc(F)ccc1C#CCO. The molecule has 1 aromatic heterocycles. The van der Waals surface area contributed by atoms with Gasteiger partial charge in [-0.2, -0.15) is 5.10 Å². The maximum Gasteiger partial charge on any atom is 0.252 e. The summed E-state index contributed by atoms with van der Waals surface area (Å²) in [6.45, 7) is 1.80. The number of carbonyl (C=O) groups excluding carboxylic acids is 1. The highest BCUT2D eigenvalue weighted by atomic mass is 19.1. The third-order valence-electron chi connectivity index (χ3n) is 2.90. The first-order chi connectivity index (χ1) is 10.1. The highest BCUT2D eigenvalue weighted by molar-refractivity contribution is 5.96. The van der Waals surface area contributed by atoms with Crippen LogP contribution in [0.2, 0.25) is 0 Å². The molecule has 0 aliphatic carbocycles. The predicted molar refractivity (Wildman–Crippen MR) is 74.9 cm³/mol. The Hall–Kier alpha value is -2.65. The number of carbonyl (C=O) groups is 1. The molecule has 5 nitrogen and oxygen atoms in total. The van der Waals surface area contributed by atoms with Crippen LogP contribution >= 0.6 is 0 Å². The minimum absolute atomic E-state index is 0.136. The summed E-state index contributed by atoms with van der Waals surface area (Å²) in [6.07, 6.45) is 1.62. The van der Waals surface area contributed by atoms with E-state index >= 15 is 0 Å². The average molecular weight is 287 g/mol. The molecule has 0 aliphatic rings. The highest BCUT2D eigenvalue weighted by Crippen LogP contribution is 2.11. The Bertz CT molecular complexity index is 713. The number of benzene rings is 1. The number of aliphatic hydroxyl groups is 1. The fraction of sp³-hybridized carbons (Fsp3) is 0.200. The lowest BCUT2D eigenvalue weighted by atomic mass is 10.1. The van der Waals surface area contributed by atoms with E-state index in [0.717, 1.165) is 17.3 Å². The van der Waals surface area contributed by atoms with E-state index in [4.69, 9.17) is 5.11 Å². The van der Waals surface area contributed by atoms with Crippen LogP contribution < -0.4 is 5.32 Å². The van der Waals surface area contributed by atoms with Crippen molar-refractivity contribution in [2.45, 2.75) is 13.5 Å². The predicted octanol–water partition coefficient (Wildman–Crippen LogP) is 1.13. The Morgan fingerprint density at radius 1 is 1.52 bits per heavy atom. The average Bonchev–Trinajstić information content (AvgIpc) is 2.88. The molecule has 108 valence electrons. The molecule has 2 aromatic rings. The number of hydrogen-bond donors (Lipinski definition) is 3. The Morgan fingerprint density at radius 2 is 2.33 bits per heavy atom. The van der Waals surface area contributed by atoms with Gasteiger partial charge in [0.05, 0.1) is 11.8 Å². The standard InChI is InChI=1S/C15H14FN3O2/c1-10-12(9-18-19-10)8-17-15(21)14-7-13(16)5-4-11(14)3-2-6-20/h4-5,7,9,20H,6,8H2,1H3,(H,17,21)(H,18,19). The molecule has 2 rings (SSSR count). The zero-order valence-corrected chi connectivity index (χ0v) is 11.4. The van der Waals surface area contributed by atoms with E-state index in [1.807, 2.05) is 6.92 Å². The number of halogens is 1. The minimum Gasteiger partial charge on any atom is -0.384 e. The van der Waals surface area contributed by atoms with E-state index in [2.05, 4.69) is 27.4 Å². The van der Waals surface area contributed by atoms with Gasteiger partial charge < -0.3 is 10.4 Å². The molecule has 1 aromatic carbocycles. The van der Waals surface area contributed by atoms with Gasteiger partial charge in [-0.3, -0.25) is 9.89 Å². The largest absolute Gasteiger partial charge is 0.384 e. The molecule has 0 spiro atoms. The molecule has 0 unspecified atom stereocenters. The number of aromatic nitrogens is 2. The summed E-state index contributed by atoms with van der Waals surface area (Å²) >= 11 is 0. The Morgan fingerprint density at radius 3 is 3.00 bits per heavy atom. The van der Waals surface area contributed by atoms with E-state index in [0.29, 0.717) is 5.56 Å². The molecule has 0 fully saturated rings. The Kier molecular flexibility index (Phi) is 4.69. The number of H-pyrrole nitrogens is 1. The number of aromatic amines is 1. The molecular weight excluding hydrogens is 273 g/mol. The lowest BCUT2D eigenvalue weighted by molar-refractivity contribution is 0.0950. The summed E-state index contributed by atoms with van der Waals surface area (Å²) in [5, 5.41) is 18.0. The number of hydrogen-bond acceptors (Lipinski definition) is 3. The van der Waals surface area contributed by atoms with Crippen molar-refractivity contribution in [2.24, 2.45) is 0 Å². The second kappa shape index (κ2) is 6.68. The van der Waals surface area contributed by atoms with E-state index < -0.39 is 11.7 Å². The third kappa shape index (κ3) is 3.68. The summed E-state index contributed by atoms with van der Waals surface area (Å²) in [7, 11) is 0. The molecule has 0 bridgehead atoms. The van der Waals surface area contributed by atoms with E-state index in [1.165, 1.54) is 12.1 Å². The van der Waals surface area contributed by atoms with Gasteiger partial charge in [0.1, 0.15) is 12.4 Å². The molecule has 21 heavy (non-hydrogen) atoms. The highest BCUT2D eigenvalue weighted by Gasteiger charge is 2.12. The fourth-order valence-corrected chi connectivity index (χ4v) is 1.77. The van der Waals surface area contributed by atoms with Crippen LogP contribution in [0.25, 0.3) is 0 Å². The first-order valence-electron chi connectivity index (χ1n) is 6.28. The smallest absolute Gasteiger partial charge is 0.252 e.